The molecule has 0 unspecified atom stereocenters. The van der Waals surface area contributed by atoms with Crippen molar-refractivity contribution >= 4 is 34.2 Å². The fourth-order valence-electron chi connectivity index (χ4n) is 3.83. The number of carbonyl (C=O) groups excluding carboxylic acids is 3. The van der Waals surface area contributed by atoms with Crippen LogP contribution in [0.1, 0.15) is 82.2 Å². The molecular weight excluding hydrogens is 426 g/mol. The highest BCUT2D eigenvalue weighted by Crippen LogP contribution is 2.35. The zero-order chi connectivity index (χ0) is 23.1. The number of ether oxygens (including phenoxy) is 2. The average Bonchev–Trinajstić information content (AvgIpc) is 3.10. The van der Waals surface area contributed by atoms with Gasteiger partial charge in [0.25, 0.3) is 0 Å². The Bertz CT molecular complexity index is 957. The molecule has 0 bridgehead atoms. The van der Waals surface area contributed by atoms with E-state index in [1.807, 2.05) is 31.2 Å². The minimum absolute atomic E-state index is 0.0867. The summed E-state index contributed by atoms with van der Waals surface area (Å²) in [6, 6.07) is 8.03. The largest absolute Gasteiger partial charge is 0.462 e. The van der Waals surface area contributed by atoms with Gasteiger partial charge in [0.2, 0.25) is 5.91 Å². The molecule has 0 radical (unpaired) electrons. The minimum atomic E-state index is -0.549. The summed E-state index contributed by atoms with van der Waals surface area (Å²) in [5.74, 6) is -1.21. The van der Waals surface area contributed by atoms with E-state index in [-0.39, 0.29) is 30.6 Å². The van der Waals surface area contributed by atoms with Gasteiger partial charge in [0.15, 0.2) is 0 Å². The van der Waals surface area contributed by atoms with Crippen molar-refractivity contribution in [3.05, 3.63) is 51.4 Å². The predicted molar refractivity (Wildman–Crippen MR) is 125 cm³/mol. The third-order valence-corrected chi connectivity index (χ3v) is 6.84. The molecular formula is C25H31NO5S. The molecule has 32 heavy (non-hydrogen) atoms. The summed E-state index contributed by atoms with van der Waals surface area (Å²) in [6.45, 7) is 5.64. The highest BCUT2D eigenvalue weighted by Gasteiger charge is 2.29. The number of thiophene rings is 1. The van der Waals surface area contributed by atoms with Crippen LogP contribution in [0.3, 0.4) is 0 Å². The van der Waals surface area contributed by atoms with Gasteiger partial charge in [-0.2, -0.15) is 0 Å². The topological polar surface area (TPSA) is 81.7 Å². The molecule has 1 aliphatic rings. The molecule has 172 valence electrons. The van der Waals surface area contributed by atoms with Crippen molar-refractivity contribution in [1.29, 1.82) is 0 Å². The van der Waals surface area contributed by atoms with Crippen LogP contribution in [0.4, 0.5) is 5.00 Å². The van der Waals surface area contributed by atoms with Gasteiger partial charge in [-0.05, 0) is 64.0 Å². The lowest BCUT2D eigenvalue weighted by atomic mass is 9.98. The second kappa shape index (κ2) is 11.3. The van der Waals surface area contributed by atoms with Gasteiger partial charge in [0.05, 0.1) is 12.2 Å². The zero-order valence-corrected chi connectivity index (χ0v) is 19.8. The van der Waals surface area contributed by atoms with E-state index in [9.17, 15) is 14.4 Å². The Labute approximate surface area is 193 Å². The van der Waals surface area contributed by atoms with E-state index in [4.69, 9.17) is 9.47 Å². The van der Waals surface area contributed by atoms with Crippen molar-refractivity contribution < 1.29 is 23.9 Å². The fourth-order valence-corrected chi connectivity index (χ4v) is 4.93. The summed E-state index contributed by atoms with van der Waals surface area (Å²) in [5, 5.41) is 3.16. The minimum Gasteiger partial charge on any atom is -0.462 e. The summed E-state index contributed by atoms with van der Waals surface area (Å²) in [5.41, 5.74) is 2.95. The summed E-state index contributed by atoms with van der Waals surface area (Å²) in [7, 11) is 0. The van der Waals surface area contributed by atoms with E-state index < -0.39 is 11.9 Å². The van der Waals surface area contributed by atoms with E-state index in [2.05, 4.69) is 5.32 Å². The smallest absolute Gasteiger partial charge is 0.348 e. The van der Waals surface area contributed by atoms with Crippen molar-refractivity contribution in [1.82, 2.24) is 0 Å². The Morgan fingerprint density at radius 3 is 2.38 bits per heavy atom. The van der Waals surface area contributed by atoms with Gasteiger partial charge in [-0.25, -0.2) is 9.59 Å². The molecule has 1 saturated carbocycles. The molecule has 0 aliphatic heterocycles. The van der Waals surface area contributed by atoms with Gasteiger partial charge < -0.3 is 14.8 Å². The summed E-state index contributed by atoms with van der Waals surface area (Å²) in [6.07, 6.45) is 5.77. The number of nitrogens with one attached hydrogen (secondary N) is 1. The van der Waals surface area contributed by atoms with Crippen molar-refractivity contribution in [2.75, 3.05) is 11.9 Å². The molecule has 1 amide bonds. The SMILES string of the molecule is CCOC(=O)c1c(NC(=O)CCc2ccc(C)cc2)sc(C(=O)OC2CCCCC2)c1C. The number of aryl methyl sites for hydroxylation is 2. The predicted octanol–water partition coefficient (Wildman–Crippen LogP) is 5.60. The molecule has 6 nitrogen and oxygen atoms in total. The van der Waals surface area contributed by atoms with Crippen molar-refractivity contribution in [3.8, 4) is 0 Å². The Morgan fingerprint density at radius 2 is 1.72 bits per heavy atom. The van der Waals surface area contributed by atoms with Crippen LogP contribution in [0, 0.1) is 13.8 Å². The Balaban J connectivity index is 1.74. The molecule has 2 aromatic rings. The van der Waals surface area contributed by atoms with E-state index >= 15 is 0 Å². The maximum absolute atomic E-state index is 12.8. The third-order valence-electron chi connectivity index (χ3n) is 5.65. The average molecular weight is 458 g/mol. The highest BCUT2D eigenvalue weighted by atomic mass is 32.1. The first kappa shape index (κ1) is 24.0. The molecule has 7 heteroatoms. The second-order valence-electron chi connectivity index (χ2n) is 8.18. The van der Waals surface area contributed by atoms with E-state index in [0.29, 0.717) is 21.9 Å². The number of benzene rings is 1. The molecule has 1 aliphatic carbocycles. The van der Waals surface area contributed by atoms with Crippen LogP contribution in [0.5, 0.6) is 0 Å². The molecule has 1 fully saturated rings. The fraction of sp³-hybridized carbons (Fsp3) is 0.480. The zero-order valence-electron chi connectivity index (χ0n) is 19.0. The van der Waals surface area contributed by atoms with Gasteiger partial charge in [-0.3, -0.25) is 4.79 Å². The standard InChI is InChI=1S/C25H31NO5S/c1-4-30-24(28)21-17(3)22(25(29)31-19-8-6-5-7-9-19)32-23(21)26-20(27)15-14-18-12-10-16(2)11-13-18/h10-13,19H,4-9,14-15H2,1-3H3,(H,26,27). The molecule has 0 spiro atoms. The summed E-state index contributed by atoms with van der Waals surface area (Å²) in [4.78, 5) is 38.4. The van der Waals surface area contributed by atoms with Crippen LogP contribution in [0.2, 0.25) is 0 Å². The number of hydrogen-bond donors (Lipinski definition) is 1. The Hall–Kier alpha value is -2.67. The first-order chi connectivity index (χ1) is 15.4. The second-order valence-corrected chi connectivity index (χ2v) is 9.20. The van der Waals surface area contributed by atoms with Crippen LogP contribution in [0.25, 0.3) is 0 Å². The Morgan fingerprint density at radius 1 is 1.03 bits per heavy atom. The van der Waals surface area contributed by atoms with Crippen molar-refractivity contribution in [2.24, 2.45) is 0 Å². The van der Waals surface area contributed by atoms with Crippen LogP contribution in [-0.4, -0.2) is 30.6 Å². The molecule has 1 aromatic carbocycles. The lowest BCUT2D eigenvalue weighted by Gasteiger charge is -2.21. The molecule has 0 saturated heterocycles. The number of anilines is 1. The summed E-state index contributed by atoms with van der Waals surface area (Å²) >= 11 is 1.08. The number of rotatable bonds is 8. The number of carbonyl (C=O) groups is 3. The van der Waals surface area contributed by atoms with Gasteiger partial charge in [0.1, 0.15) is 16.0 Å². The molecule has 1 N–H and O–H groups in total. The van der Waals surface area contributed by atoms with Crippen molar-refractivity contribution in [2.45, 2.75) is 71.8 Å². The molecule has 0 atom stereocenters. The van der Waals surface area contributed by atoms with Crippen LogP contribution < -0.4 is 5.32 Å². The quantitative estimate of drug-likeness (QED) is 0.522. The molecule has 3 rings (SSSR count). The van der Waals surface area contributed by atoms with Crippen molar-refractivity contribution in [3.63, 3.8) is 0 Å². The maximum atomic E-state index is 12.8. The molecule has 1 aromatic heterocycles. The van der Waals surface area contributed by atoms with Crippen LogP contribution in [0.15, 0.2) is 24.3 Å². The third kappa shape index (κ3) is 6.19. The van der Waals surface area contributed by atoms with Gasteiger partial charge >= 0.3 is 11.9 Å². The summed E-state index contributed by atoms with van der Waals surface area (Å²) < 4.78 is 10.9. The number of hydrogen-bond acceptors (Lipinski definition) is 6. The van der Waals surface area contributed by atoms with E-state index in [0.717, 1.165) is 49.0 Å². The highest BCUT2D eigenvalue weighted by molar-refractivity contribution is 7.18. The lowest BCUT2D eigenvalue weighted by Crippen LogP contribution is -2.21. The van der Waals surface area contributed by atoms with Gasteiger partial charge in [-0.15, -0.1) is 11.3 Å². The normalized spacial score (nSPS) is 14.1. The van der Waals surface area contributed by atoms with Gasteiger partial charge in [-0.1, -0.05) is 36.2 Å². The number of esters is 2. The van der Waals surface area contributed by atoms with E-state index in [1.54, 1.807) is 13.8 Å². The number of amides is 1. The lowest BCUT2D eigenvalue weighted by molar-refractivity contribution is -0.116. The first-order valence-electron chi connectivity index (χ1n) is 11.3. The van der Waals surface area contributed by atoms with Gasteiger partial charge in [0, 0.05) is 6.42 Å². The maximum Gasteiger partial charge on any atom is 0.348 e. The van der Waals surface area contributed by atoms with Crippen LogP contribution in [-0.2, 0) is 20.7 Å². The Kier molecular flexibility index (Phi) is 8.45. The van der Waals surface area contributed by atoms with Crippen LogP contribution >= 0.6 is 11.3 Å². The van der Waals surface area contributed by atoms with E-state index in [1.165, 1.54) is 5.56 Å². The molecule has 1 heterocycles. The monoisotopic (exact) mass is 457 g/mol. The first-order valence-corrected chi connectivity index (χ1v) is 12.1.